The topological polar surface area (TPSA) is 35.2 Å². The molecule has 0 unspecified atom stereocenters. The number of ether oxygens (including phenoxy) is 1. The van der Waals surface area contributed by atoms with E-state index in [9.17, 15) is 4.39 Å². The summed E-state index contributed by atoms with van der Waals surface area (Å²) in [7, 11) is 0. The van der Waals surface area contributed by atoms with Gasteiger partial charge in [-0.1, -0.05) is 13.0 Å². The smallest absolute Gasteiger partial charge is 0.165 e. The zero-order valence-electron chi connectivity index (χ0n) is 9.51. The van der Waals surface area contributed by atoms with Crippen molar-refractivity contribution in [3.8, 4) is 5.75 Å². The van der Waals surface area contributed by atoms with Crippen molar-refractivity contribution >= 4 is 0 Å². The zero-order chi connectivity index (χ0) is 11.5. The summed E-state index contributed by atoms with van der Waals surface area (Å²) < 4.78 is 19.1. The summed E-state index contributed by atoms with van der Waals surface area (Å²) in [6.07, 6.45) is 0.824. The summed E-state index contributed by atoms with van der Waals surface area (Å²) in [5, 5.41) is 0. The van der Waals surface area contributed by atoms with E-state index in [0.29, 0.717) is 12.3 Å². The molecule has 0 saturated heterocycles. The molecule has 0 heterocycles. The van der Waals surface area contributed by atoms with Crippen LogP contribution in [0.3, 0.4) is 0 Å². The first-order valence-corrected chi connectivity index (χ1v) is 5.16. The lowest BCUT2D eigenvalue weighted by Crippen LogP contribution is -2.27. The number of benzene rings is 1. The molecule has 0 bridgehead atoms. The van der Waals surface area contributed by atoms with Crippen molar-refractivity contribution in [1.82, 2.24) is 0 Å². The molecule has 15 heavy (non-hydrogen) atoms. The van der Waals surface area contributed by atoms with Gasteiger partial charge in [0.1, 0.15) is 5.60 Å². The fraction of sp³-hybridized carbons (Fsp3) is 0.500. The summed E-state index contributed by atoms with van der Waals surface area (Å²) in [6, 6.07) is 4.83. The van der Waals surface area contributed by atoms with E-state index in [-0.39, 0.29) is 11.4 Å². The highest BCUT2D eigenvalue weighted by atomic mass is 19.1. The molecule has 2 N–H and O–H groups in total. The van der Waals surface area contributed by atoms with Crippen LogP contribution in [0.25, 0.3) is 0 Å². The van der Waals surface area contributed by atoms with Crippen LogP contribution >= 0.6 is 0 Å². The maximum Gasteiger partial charge on any atom is 0.165 e. The first-order valence-electron chi connectivity index (χ1n) is 5.16. The molecular weight excluding hydrogens is 193 g/mol. The third-order valence-corrected chi connectivity index (χ3v) is 2.47. The van der Waals surface area contributed by atoms with Gasteiger partial charge in [-0.05, 0) is 38.0 Å². The van der Waals surface area contributed by atoms with Crippen molar-refractivity contribution < 1.29 is 9.13 Å². The van der Waals surface area contributed by atoms with Gasteiger partial charge in [0.15, 0.2) is 11.6 Å². The second-order valence-electron chi connectivity index (χ2n) is 4.18. The lowest BCUT2D eigenvalue weighted by atomic mass is 10.1. The lowest BCUT2D eigenvalue weighted by Gasteiger charge is -2.25. The highest BCUT2D eigenvalue weighted by Crippen LogP contribution is 2.24. The molecule has 2 nitrogen and oxygen atoms in total. The van der Waals surface area contributed by atoms with Crippen molar-refractivity contribution in [2.45, 2.75) is 39.3 Å². The summed E-state index contributed by atoms with van der Waals surface area (Å²) >= 11 is 0. The number of hydrogen-bond donors (Lipinski definition) is 1. The molecule has 0 fully saturated rings. The summed E-state index contributed by atoms with van der Waals surface area (Å²) in [5.41, 5.74) is 5.84. The molecule has 1 rings (SSSR count). The highest BCUT2D eigenvalue weighted by Gasteiger charge is 2.18. The number of halogens is 1. The van der Waals surface area contributed by atoms with Crippen LogP contribution in [0.2, 0.25) is 0 Å². The van der Waals surface area contributed by atoms with Gasteiger partial charge >= 0.3 is 0 Å². The molecule has 0 amide bonds. The minimum Gasteiger partial charge on any atom is -0.485 e. The first kappa shape index (κ1) is 12.0. The van der Waals surface area contributed by atoms with Gasteiger partial charge in [-0.15, -0.1) is 0 Å². The molecule has 0 aliphatic heterocycles. The molecular formula is C12H18FNO. The second-order valence-corrected chi connectivity index (χ2v) is 4.18. The maximum atomic E-state index is 13.5. The van der Waals surface area contributed by atoms with Gasteiger partial charge < -0.3 is 10.5 Å². The minimum absolute atomic E-state index is 0.291. The Morgan fingerprint density at radius 1 is 1.40 bits per heavy atom. The SMILES string of the molecule is CCC(C)(C)Oc1ccc(CN)cc1F. The average Bonchev–Trinajstić information content (AvgIpc) is 2.21. The maximum absolute atomic E-state index is 13.5. The second kappa shape index (κ2) is 4.62. The molecule has 0 aliphatic rings. The lowest BCUT2D eigenvalue weighted by molar-refractivity contribution is 0.0994. The molecule has 84 valence electrons. The Kier molecular flexibility index (Phi) is 3.69. The molecule has 0 radical (unpaired) electrons. The molecule has 0 saturated carbocycles. The van der Waals surface area contributed by atoms with E-state index in [1.54, 1.807) is 12.1 Å². The normalized spacial score (nSPS) is 11.5. The van der Waals surface area contributed by atoms with Gasteiger partial charge in [0.2, 0.25) is 0 Å². The first-order chi connectivity index (χ1) is 6.98. The van der Waals surface area contributed by atoms with Crippen LogP contribution in [0.5, 0.6) is 5.75 Å². The van der Waals surface area contributed by atoms with Crippen LogP contribution in [0.15, 0.2) is 18.2 Å². The molecule has 0 spiro atoms. The van der Waals surface area contributed by atoms with Crippen molar-refractivity contribution in [2.24, 2.45) is 5.73 Å². The number of rotatable bonds is 4. The Labute approximate surface area is 90.2 Å². The number of hydrogen-bond acceptors (Lipinski definition) is 2. The standard InChI is InChI=1S/C12H18FNO/c1-4-12(2,3)15-11-6-5-9(8-14)7-10(11)13/h5-7H,4,8,14H2,1-3H3. The highest BCUT2D eigenvalue weighted by molar-refractivity contribution is 5.29. The average molecular weight is 211 g/mol. The summed E-state index contributed by atoms with van der Waals surface area (Å²) in [5.74, 6) is -0.0569. The van der Waals surface area contributed by atoms with Gasteiger partial charge in [-0.3, -0.25) is 0 Å². The van der Waals surface area contributed by atoms with Crippen molar-refractivity contribution in [2.75, 3.05) is 0 Å². The summed E-state index contributed by atoms with van der Waals surface area (Å²) in [6.45, 7) is 6.22. The van der Waals surface area contributed by atoms with Crippen LogP contribution in [-0.4, -0.2) is 5.60 Å². The van der Waals surface area contributed by atoms with Crippen LogP contribution in [-0.2, 0) is 6.54 Å². The molecule has 3 heteroatoms. The van der Waals surface area contributed by atoms with E-state index >= 15 is 0 Å². The van der Waals surface area contributed by atoms with Crippen LogP contribution in [0, 0.1) is 5.82 Å². The summed E-state index contributed by atoms with van der Waals surface area (Å²) in [4.78, 5) is 0. The largest absolute Gasteiger partial charge is 0.485 e. The molecule has 0 aromatic heterocycles. The van der Waals surface area contributed by atoms with E-state index in [4.69, 9.17) is 10.5 Å². The van der Waals surface area contributed by atoms with E-state index in [1.807, 2.05) is 20.8 Å². The van der Waals surface area contributed by atoms with Crippen molar-refractivity contribution in [3.63, 3.8) is 0 Å². The van der Waals surface area contributed by atoms with Gasteiger partial charge in [0, 0.05) is 6.54 Å². The zero-order valence-corrected chi connectivity index (χ0v) is 9.51. The quantitative estimate of drug-likeness (QED) is 0.831. The predicted octanol–water partition coefficient (Wildman–Crippen LogP) is 2.85. The van der Waals surface area contributed by atoms with Crippen molar-refractivity contribution in [1.29, 1.82) is 0 Å². The predicted molar refractivity (Wildman–Crippen MR) is 59.3 cm³/mol. The molecule has 0 atom stereocenters. The Morgan fingerprint density at radius 2 is 2.07 bits per heavy atom. The fourth-order valence-electron chi connectivity index (χ4n) is 1.12. The van der Waals surface area contributed by atoms with E-state index in [1.165, 1.54) is 6.07 Å². The monoisotopic (exact) mass is 211 g/mol. The van der Waals surface area contributed by atoms with Crippen molar-refractivity contribution in [3.05, 3.63) is 29.6 Å². The van der Waals surface area contributed by atoms with Gasteiger partial charge in [0.05, 0.1) is 0 Å². The van der Waals surface area contributed by atoms with Gasteiger partial charge in [-0.2, -0.15) is 0 Å². The third kappa shape index (κ3) is 3.20. The number of nitrogens with two attached hydrogens (primary N) is 1. The Bertz CT molecular complexity index is 336. The Morgan fingerprint density at radius 3 is 2.53 bits per heavy atom. The van der Waals surface area contributed by atoms with E-state index in [2.05, 4.69) is 0 Å². The van der Waals surface area contributed by atoms with Crippen LogP contribution < -0.4 is 10.5 Å². The minimum atomic E-state index is -0.348. The Hall–Kier alpha value is -1.09. The van der Waals surface area contributed by atoms with Gasteiger partial charge in [0.25, 0.3) is 0 Å². The van der Waals surface area contributed by atoms with Crippen LogP contribution in [0.1, 0.15) is 32.8 Å². The fourth-order valence-corrected chi connectivity index (χ4v) is 1.12. The van der Waals surface area contributed by atoms with E-state index in [0.717, 1.165) is 12.0 Å². The molecule has 1 aromatic rings. The third-order valence-electron chi connectivity index (χ3n) is 2.47. The molecule has 0 aliphatic carbocycles. The Balaban J connectivity index is 2.87. The van der Waals surface area contributed by atoms with E-state index < -0.39 is 0 Å². The molecule has 1 aromatic carbocycles. The van der Waals surface area contributed by atoms with Gasteiger partial charge in [-0.25, -0.2) is 4.39 Å². The van der Waals surface area contributed by atoms with Crippen LogP contribution in [0.4, 0.5) is 4.39 Å².